The largest absolute Gasteiger partial charge is 0.481 e. The zero-order chi connectivity index (χ0) is 28.9. The number of rotatable bonds is 6. The van der Waals surface area contributed by atoms with E-state index in [1.54, 1.807) is 13.0 Å². The van der Waals surface area contributed by atoms with Crippen molar-refractivity contribution in [1.82, 2.24) is 19.9 Å². The Bertz CT molecular complexity index is 1850. The summed E-state index contributed by atoms with van der Waals surface area (Å²) < 4.78 is 0. The van der Waals surface area contributed by atoms with Crippen LogP contribution in [0.1, 0.15) is 89.9 Å². The lowest BCUT2D eigenvalue weighted by molar-refractivity contribution is -0.136. The molecule has 3 aromatic heterocycles. The Morgan fingerprint density at radius 3 is 1.93 bits per heavy atom. The molecule has 0 saturated heterocycles. The van der Waals surface area contributed by atoms with Gasteiger partial charge in [0, 0.05) is 28.5 Å². The van der Waals surface area contributed by atoms with E-state index in [4.69, 9.17) is 9.97 Å². The van der Waals surface area contributed by atoms with Crippen molar-refractivity contribution in [3.8, 4) is 0 Å². The van der Waals surface area contributed by atoms with Crippen LogP contribution in [0.3, 0.4) is 0 Å². The second-order valence-electron chi connectivity index (χ2n) is 10.2. The summed E-state index contributed by atoms with van der Waals surface area (Å²) in [6.45, 7) is 13.9. The molecule has 0 amide bonds. The lowest BCUT2D eigenvalue weighted by Gasteiger charge is -2.02. The summed E-state index contributed by atoms with van der Waals surface area (Å²) in [6.07, 6.45) is 2.81. The number of H-pyrrole nitrogens is 2. The topological polar surface area (TPSA) is 132 Å². The Kier molecular flexibility index (Phi) is 6.79. The number of hydrogen-bond donors (Lipinski definition) is 4. The van der Waals surface area contributed by atoms with Crippen molar-refractivity contribution < 1.29 is 19.8 Å². The first kappa shape index (κ1) is 26.9. The molecule has 0 atom stereocenters. The van der Waals surface area contributed by atoms with E-state index in [9.17, 15) is 19.8 Å². The third kappa shape index (κ3) is 4.45. The van der Waals surface area contributed by atoms with E-state index >= 15 is 0 Å². The molecule has 2 aliphatic heterocycles. The third-order valence-corrected chi connectivity index (χ3v) is 7.94. The molecule has 2 aliphatic rings. The first-order valence-electron chi connectivity index (χ1n) is 13.3. The molecule has 0 radical (unpaired) electrons. The average Bonchev–Trinajstić information content (AvgIpc) is 3.55. The van der Waals surface area contributed by atoms with Gasteiger partial charge in [-0.2, -0.15) is 0 Å². The lowest BCUT2D eigenvalue weighted by atomic mass is 10.0. The molecule has 0 unspecified atom stereocenters. The van der Waals surface area contributed by atoms with Crippen LogP contribution in [0, 0.1) is 13.8 Å². The quantitative estimate of drug-likeness (QED) is 0.259. The van der Waals surface area contributed by atoms with E-state index < -0.39 is 11.9 Å². The maximum Gasteiger partial charge on any atom is 0.338 e. The number of nitrogens with one attached hydrogen (secondary N) is 2. The Morgan fingerprint density at radius 1 is 0.800 bits per heavy atom. The second kappa shape index (κ2) is 10.1. The second-order valence-corrected chi connectivity index (χ2v) is 10.2. The number of carboxylic acid groups (broad SMARTS) is 2. The molecule has 8 heteroatoms. The van der Waals surface area contributed by atoms with Crippen LogP contribution in [0.4, 0.5) is 0 Å². The van der Waals surface area contributed by atoms with Gasteiger partial charge in [0.2, 0.25) is 0 Å². The fourth-order valence-electron chi connectivity index (χ4n) is 5.66. The third-order valence-electron chi connectivity index (χ3n) is 7.94. The Morgan fingerprint density at radius 2 is 1.32 bits per heavy atom. The summed E-state index contributed by atoms with van der Waals surface area (Å²) in [5.41, 5.74) is 12.2. The zero-order valence-corrected chi connectivity index (χ0v) is 23.3. The molecule has 3 aromatic rings. The van der Waals surface area contributed by atoms with Crippen molar-refractivity contribution in [3.05, 3.63) is 75.9 Å². The van der Waals surface area contributed by atoms with Gasteiger partial charge in [0.25, 0.3) is 0 Å². The van der Waals surface area contributed by atoms with Gasteiger partial charge < -0.3 is 20.2 Å². The van der Waals surface area contributed by atoms with Crippen LogP contribution in [-0.4, -0.2) is 42.1 Å². The summed E-state index contributed by atoms with van der Waals surface area (Å²) in [5.74, 6) is -1.96. The number of aliphatic carboxylic acids is 1. The number of carbonyl (C=O) groups is 2. The molecule has 5 heterocycles. The summed E-state index contributed by atoms with van der Waals surface area (Å²) >= 11 is 0. The lowest BCUT2D eigenvalue weighted by Crippen LogP contribution is -1.97. The zero-order valence-electron chi connectivity index (χ0n) is 23.3. The number of aryl methyl sites for hydroxylation is 2. The Labute approximate surface area is 231 Å². The summed E-state index contributed by atoms with van der Waals surface area (Å²) in [7, 11) is 0. The van der Waals surface area contributed by atoms with Crippen LogP contribution < -0.4 is 0 Å². The van der Waals surface area contributed by atoms with E-state index in [0.717, 1.165) is 62.3 Å². The Hall–Kier alpha value is -4.72. The van der Waals surface area contributed by atoms with Crippen molar-refractivity contribution in [2.45, 2.75) is 53.9 Å². The number of aromatic amines is 2. The number of fused-ring (bicyclic) bond motifs is 8. The summed E-state index contributed by atoms with van der Waals surface area (Å²) in [4.78, 5) is 40.5. The fraction of sp³-hybridized carbons (Fsp3) is 0.250. The predicted molar refractivity (Wildman–Crippen MR) is 160 cm³/mol. The normalized spacial score (nSPS) is 13.2. The average molecular weight is 537 g/mol. The molecule has 40 heavy (non-hydrogen) atoms. The van der Waals surface area contributed by atoms with Crippen LogP contribution >= 0.6 is 0 Å². The monoisotopic (exact) mass is 536 g/mol. The molecule has 0 aromatic carbocycles. The highest BCUT2D eigenvalue weighted by Crippen LogP contribution is 2.36. The number of nitrogens with zero attached hydrogens (tertiary/aromatic N) is 2. The molecule has 8 nitrogen and oxygen atoms in total. The number of aromatic nitrogens is 4. The van der Waals surface area contributed by atoms with Gasteiger partial charge in [-0.15, -0.1) is 0 Å². The minimum absolute atomic E-state index is 0.0629. The van der Waals surface area contributed by atoms with Gasteiger partial charge in [-0.25, -0.2) is 14.8 Å². The molecule has 0 saturated carbocycles. The van der Waals surface area contributed by atoms with Crippen molar-refractivity contribution >= 4 is 62.4 Å². The first-order valence-corrected chi connectivity index (χ1v) is 13.3. The number of allylic oxidation sites excluding steroid dienone is 4. The number of aromatic carboxylic acids is 1. The van der Waals surface area contributed by atoms with Crippen molar-refractivity contribution in [2.75, 3.05) is 0 Å². The van der Waals surface area contributed by atoms with Crippen LogP contribution in [0.5, 0.6) is 0 Å². The van der Waals surface area contributed by atoms with Crippen molar-refractivity contribution in [2.24, 2.45) is 0 Å². The van der Waals surface area contributed by atoms with Gasteiger partial charge in [0.05, 0.1) is 33.9 Å². The fourth-order valence-corrected chi connectivity index (χ4v) is 5.66. The highest BCUT2D eigenvalue weighted by molar-refractivity contribution is 6.02. The van der Waals surface area contributed by atoms with Crippen LogP contribution in [-0.2, 0) is 4.79 Å². The molecule has 0 aliphatic carbocycles. The minimum Gasteiger partial charge on any atom is -0.481 e. The number of hydrogen-bond acceptors (Lipinski definition) is 4. The SMILES string of the molecule is C=Cc1c(C)c2cc3nc(cc4[nH]c(cc5nc(cc1[nH]2)C(C)=C5CC)c(C)c4C(=O)O)C(CCC(=O)O)=C3C. The van der Waals surface area contributed by atoms with Crippen LogP contribution in [0.2, 0.25) is 0 Å². The molecular weight excluding hydrogens is 504 g/mol. The number of carboxylic acids is 2. The molecule has 8 bridgehead atoms. The molecule has 0 fully saturated rings. The standard InChI is InChI=1S/C32H32N4O4/c1-7-19-15(3)22-11-23-17(5)21(9-10-30(37)38)28(35-23)14-29-31(32(39)40)18(6)25(36-29)13-27-20(8-2)16(4)24(34-27)12-26(19)33-22/h7,11-14,33,36H,1,8-10H2,2-6H3,(H,37,38)(H,39,40). The smallest absolute Gasteiger partial charge is 0.338 e. The predicted octanol–water partition coefficient (Wildman–Crippen LogP) is 7.41. The summed E-state index contributed by atoms with van der Waals surface area (Å²) in [5, 5.41) is 19.5. The van der Waals surface area contributed by atoms with Crippen molar-refractivity contribution in [3.63, 3.8) is 0 Å². The van der Waals surface area contributed by atoms with Gasteiger partial charge >= 0.3 is 11.9 Å². The van der Waals surface area contributed by atoms with Gasteiger partial charge in [-0.3, -0.25) is 4.79 Å². The molecular formula is C32H32N4O4. The molecule has 4 N–H and O–H groups in total. The molecule has 5 rings (SSSR count). The van der Waals surface area contributed by atoms with Crippen LogP contribution in [0.15, 0.2) is 30.8 Å². The van der Waals surface area contributed by atoms with Crippen LogP contribution in [0.25, 0.3) is 50.4 Å². The van der Waals surface area contributed by atoms with Gasteiger partial charge in [-0.1, -0.05) is 19.6 Å². The maximum atomic E-state index is 12.4. The van der Waals surface area contributed by atoms with Gasteiger partial charge in [0.15, 0.2) is 0 Å². The van der Waals surface area contributed by atoms with E-state index in [1.165, 1.54) is 0 Å². The van der Waals surface area contributed by atoms with Crippen molar-refractivity contribution in [1.29, 1.82) is 0 Å². The van der Waals surface area contributed by atoms with E-state index in [2.05, 4.69) is 30.4 Å². The Balaban J connectivity index is 1.98. The molecule has 204 valence electrons. The van der Waals surface area contributed by atoms with E-state index in [-0.39, 0.29) is 18.4 Å². The minimum atomic E-state index is -1.05. The summed E-state index contributed by atoms with van der Waals surface area (Å²) in [6, 6.07) is 7.60. The maximum absolute atomic E-state index is 12.4. The first-order chi connectivity index (χ1) is 19.0. The van der Waals surface area contributed by atoms with Gasteiger partial charge in [0.1, 0.15) is 0 Å². The van der Waals surface area contributed by atoms with E-state index in [0.29, 0.717) is 28.0 Å². The van der Waals surface area contributed by atoms with Gasteiger partial charge in [-0.05, 0) is 98.2 Å². The van der Waals surface area contributed by atoms with E-state index in [1.807, 2.05) is 38.1 Å². The molecule has 0 spiro atoms. The highest BCUT2D eigenvalue weighted by atomic mass is 16.4. The highest BCUT2D eigenvalue weighted by Gasteiger charge is 2.22.